The van der Waals surface area contributed by atoms with E-state index in [-0.39, 0.29) is 5.84 Å². The summed E-state index contributed by atoms with van der Waals surface area (Å²) in [7, 11) is 0. The summed E-state index contributed by atoms with van der Waals surface area (Å²) in [6, 6.07) is 11.0. The number of hydrogen-bond acceptors (Lipinski definition) is 2. The minimum atomic E-state index is -0.0456. The highest BCUT2D eigenvalue weighted by Gasteiger charge is 2.13. The van der Waals surface area contributed by atoms with Gasteiger partial charge in [-0.25, -0.2) is 0 Å². The Morgan fingerprint density at radius 3 is 2.37 bits per heavy atom. The Balaban J connectivity index is 2.44. The Morgan fingerprint density at radius 1 is 1.00 bits per heavy atom. The topological polar surface area (TPSA) is 59.1 Å². The van der Waals surface area contributed by atoms with Gasteiger partial charge >= 0.3 is 0 Å². The third-order valence-electron chi connectivity index (χ3n) is 2.36. The van der Waals surface area contributed by atoms with E-state index in [0.29, 0.717) is 17.1 Å². The average molecular weight is 449 g/mol. The number of rotatable bonds is 3. The van der Waals surface area contributed by atoms with Crippen LogP contribution in [-0.2, 0) is 0 Å². The van der Waals surface area contributed by atoms with Crippen LogP contribution in [0.15, 0.2) is 49.8 Å². The number of nitrogens with one attached hydrogen (secondary N) is 1. The zero-order valence-electron chi connectivity index (χ0n) is 9.58. The van der Waals surface area contributed by atoms with Crippen LogP contribution in [0, 0.1) is 5.41 Å². The van der Waals surface area contributed by atoms with Gasteiger partial charge in [-0.05, 0) is 62.2 Å². The molecule has 0 aliphatic carbocycles. The van der Waals surface area contributed by atoms with Crippen molar-refractivity contribution in [3.63, 3.8) is 0 Å². The first-order valence-electron chi connectivity index (χ1n) is 5.25. The molecule has 0 atom stereocenters. The van der Waals surface area contributed by atoms with Crippen LogP contribution in [0.5, 0.6) is 11.5 Å². The van der Waals surface area contributed by atoms with Crippen LogP contribution in [0.2, 0.25) is 0 Å². The van der Waals surface area contributed by atoms with Gasteiger partial charge in [0.25, 0.3) is 0 Å². The number of nitrogen functional groups attached to an aromatic ring is 1. The predicted octanol–water partition coefficient (Wildman–Crippen LogP) is 5.05. The summed E-state index contributed by atoms with van der Waals surface area (Å²) in [5, 5.41) is 7.62. The largest absolute Gasteiger partial charge is 0.455 e. The fourth-order valence-electron chi connectivity index (χ4n) is 1.53. The number of halogens is 3. The van der Waals surface area contributed by atoms with E-state index < -0.39 is 0 Å². The molecule has 0 radical (unpaired) electrons. The van der Waals surface area contributed by atoms with Crippen molar-refractivity contribution in [1.82, 2.24) is 0 Å². The third kappa shape index (κ3) is 3.38. The van der Waals surface area contributed by atoms with E-state index in [2.05, 4.69) is 47.8 Å². The molecule has 3 N–H and O–H groups in total. The maximum absolute atomic E-state index is 7.62. The molecule has 2 aromatic carbocycles. The molecule has 2 aromatic rings. The molecule has 19 heavy (non-hydrogen) atoms. The molecule has 0 spiro atoms. The molecule has 0 unspecified atom stereocenters. The van der Waals surface area contributed by atoms with Crippen LogP contribution >= 0.6 is 47.8 Å². The number of ether oxygens (including phenoxy) is 1. The SMILES string of the molecule is N=C(N)c1c(Br)cccc1Oc1ccc(Br)cc1Br. The zero-order valence-corrected chi connectivity index (χ0v) is 14.3. The highest BCUT2D eigenvalue weighted by atomic mass is 79.9. The van der Waals surface area contributed by atoms with Gasteiger partial charge in [-0.3, -0.25) is 5.41 Å². The van der Waals surface area contributed by atoms with Crippen LogP contribution < -0.4 is 10.5 Å². The van der Waals surface area contributed by atoms with Crippen molar-refractivity contribution in [2.75, 3.05) is 0 Å². The Bertz CT molecular complexity index is 644. The van der Waals surface area contributed by atoms with Gasteiger partial charge in [-0.2, -0.15) is 0 Å². The van der Waals surface area contributed by atoms with E-state index in [9.17, 15) is 0 Å². The molecule has 0 amide bonds. The summed E-state index contributed by atoms with van der Waals surface area (Å²) in [5.74, 6) is 1.14. The molecular formula is C13H9Br3N2O. The highest BCUT2D eigenvalue weighted by Crippen LogP contribution is 2.35. The molecule has 2 rings (SSSR count). The van der Waals surface area contributed by atoms with E-state index >= 15 is 0 Å². The second kappa shape index (κ2) is 6.07. The van der Waals surface area contributed by atoms with Crippen molar-refractivity contribution in [1.29, 1.82) is 5.41 Å². The number of amidine groups is 1. The quantitative estimate of drug-likeness (QED) is 0.510. The minimum absolute atomic E-state index is 0.0456. The Kier molecular flexibility index (Phi) is 4.65. The van der Waals surface area contributed by atoms with E-state index in [1.54, 1.807) is 6.07 Å². The van der Waals surface area contributed by atoms with Gasteiger partial charge in [0.05, 0.1) is 10.0 Å². The van der Waals surface area contributed by atoms with E-state index in [4.69, 9.17) is 15.9 Å². The number of nitrogens with two attached hydrogens (primary N) is 1. The predicted molar refractivity (Wildman–Crippen MR) is 87.1 cm³/mol. The van der Waals surface area contributed by atoms with Gasteiger partial charge in [-0.15, -0.1) is 0 Å². The lowest BCUT2D eigenvalue weighted by Crippen LogP contribution is -2.13. The molecule has 0 heterocycles. The van der Waals surface area contributed by atoms with Crippen LogP contribution in [-0.4, -0.2) is 5.84 Å². The zero-order chi connectivity index (χ0) is 14.0. The average Bonchev–Trinajstić information content (AvgIpc) is 2.32. The first kappa shape index (κ1) is 14.6. The first-order valence-corrected chi connectivity index (χ1v) is 7.62. The monoisotopic (exact) mass is 446 g/mol. The Labute approximate surface area is 136 Å². The summed E-state index contributed by atoms with van der Waals surface area (Å²) in [4.78, 5) is 0. The van der Waals surface area contributed by atoms with Crippen LogP contribution in [0.1, 0.15) is 5.56 Å². The van der Waals surface area contributed by atoms with Crippen LogP contribution in [0.4, 0.5) is 0 Å². The molecule has 0 fully saturated rings. The lowest BCUT2D eigenvalue weighted by atomic mass is 10.2. The van der Waals surface area contributed by atoms with E-state index in [0.717, 1.165) is 13.4 Å². The normalized spacial score (nSPS) is 10.3. The second-order valence-electron chi connectivity index (χ2n) is 3.70. The molecule has 0 aliphatic heterocycles. The highest BCUT2D eigenvalue weighted by molar-refractivity contribution is 9.11. The minimum Gasteiger partial charge on any atom is -0.455 e. The summed E-state index contributed by atoms with van der Waals surface area (Å²) < 4.78 is 8.31. The molecule has 3 nitrogen and oxygen atoms in total. The maximum atomic E-state index is 7.62. The molecule has 0 aromatic heterocycles. The van der Waals surface area contributed by atoms with Crippen molar-refractivity contribution in [2.24, 2.45) is 5.73 Å². The molecule has 0 bridgehead atoms. The van der Waals surface area contributed by atoms with Crippen molar-refractivity contribution in [2.45, 2.75) is 0 Å². The van der Waals surface area contributed by atoms with Gasteiger partial charge in [0, 0.05) is 8.95 Å². The van der Waals surface area contributed by atoms with Crippen molar-refractivity contribution in [3.05, 3.63) is 55.4 Å². The molecule has 0 saturated carbocycles. The van der Waals surface area contributed by atoms with Gasteiger partial charge < -0.3 is 10.5 Å². The molecule has 0 aliphatic rings. The Morgan fingerprint density at radius 2 is 1.74 bits per heavy atom. The van der Waals surface area contributed by atoms with E-state index in [1.807, 2.05) is 30.3 Å². The first-order chi connectivity index (χ1) is 8.99. The van der Waals surface area contributed by atoms with Gasteiger partial charge in [0.15, 0.2) is 0 Å². The number of benzene rings is 2. The maximum Gasteiger partial charge on any atom is 0.141 e. The van der Waals surface area contributed by atoms with Crippen LogP contribution in [0.3, 0.4) is 0 Å². The summed E-state index contributed by atoms with van der Waals surface area (Å²) in [6.07, 6.45) is 0. The smallest absolute Gasteiger partial charge is 0.141 e. The second-order valence-corrected chi connectivity index (χ2v) is 6.33. The summed E-state index contributed by atoms with van der Waals surface area (Å²) in [6.45, 7) is 0. The van der Waals surface area contributed by atoms with Gasteiger partial charge in [0.2, 0.25) is 0 Å². The molecule has 98 valence electrons. The number of hydrogen-bond donors (Lipinski definition) is 2. The fourth-order valence-corrected chi connectivity index (χ4v) is 3.22. The van der Waals surface area contributed by atoms with Crippen molar-refractivity contribution < 1.29 is 4.74 Å². The van der Waals surface area contributed by atoms with Crippen LogP contribution in [0.25, 0.3) is 0 Å². The Hall–Kier alpha value is -0.850. The third-order valence-corrected chi connectivity index (χ3v) is 4.13. The molecule has 0 saturated heterocycles. The van der Waals surface area contributed by atoms with Gasteiger partial charge in [0.1, 0.15) is 17.3 Å². The standard InChI is InChI=1S/C13H9Br3N2O/c14-7-4-5-10(9(16)6-7)19-11-3-1-2-8(15)12(11)13(17)18/h1-6H,(H3,17,18). The summed E-state index contributed by atoms with van der Waals surface area (Å²) >= 11 is 10.2. The summed E-state index contributed by atoms with van der Waals surface area (Å²) in [5.41, 5.74) is 6.12. The lowest BCUT2D eigenvalue weighted by molar-refractivity contribution is 0.478. The molecule has 6 heteroatoms. The van der Waals surface area contributed by atoms with E-state index in [1.165, 1.54) is 0 Å². The molecular weight excluding hydrogens is 440 g/mol. The van der Waals surface area contributed by atoms with Crippen molar-refractivity contribution in [3.8, 4) is 11.5 Å². The van der Waals surface area contributed by atoms with Gasteiger partial charge in [-0.1, -0.05) is 22.0 Å². The van der Waals surface area contributed by atoms with Crippen molar-refractivity contribution >= 4 is 53.6 Å². The lowest BCUT2D eigenvalue weighted by Gasteiger charge is -2.13. The fraction of sp³-hybridized carbons (Fsp3) is 0.